The Labute approximate surface area is 103 Å². The minimum atomic E-state index is -0.0568. The fraction of sp³-hybridized carbons (Fsp3) is 0.917. The molecular formula is C12H24N2O3. The fourth-order valence-electron chi connectivity index (χ4n) is 2.56. The Kier molecular flexibility index (Phi) is 6.47. The molecule has 0 aromatic rings. The molecule has 1 aliphatic carbocycles. The normalized spacial score (nSPS) is 24.6. The second-order valence-electron chi connectivity index (χ2n) is 4.74. The van der Waals surface area contributed by atoms with Crippen LogP contribution in [0.25, 0.3) is 0 Å². The van der Waals surface area contributed by atoms with E-state index >= 15 is 0 Å². The van der Waals surface area contributed by atoms with Crippen molar-refractivity contribution in [2.24, 2.45) is 17.6 Å². The molecular weight excluding hydrogens is 220 g/mol. The summed E-state index contributed by atoms with van der Waals surface area (Å²) in [5, 5.41) is 17.8. The molecule has 1 amide bonds. The summed E-state index contributed by atoms with van der Waals surface area (Å²) >= 11 is 0. The molecule has 2 atom stereocenters. The zero-order chi connectivity index (χ0) is 12.7. The van der Waals surface area contributed by atoms with Crippen molar-refractivity contribution in [3.8, 4) is 0 Å². The average molecular weight is 244 g/mol. The van der Waals surface area contributed by atoms with E-state index < -0.39 is 0 Å². The highest BCUT2D eigenvalue weighted by atomic mass is 16.3. The molecule has 0 heterocycles. The molecule has 1 saturated carbocycles. The van der Waals surface area contributed by atoms with E-state index in [4.69, 9.17) is 15.9 Å². The van der Waals surface area contributed by atoms with Gasteiger partial charge in [0.2, 0.25) is 5.91 Å². The molecule has 0 spiro atoms. The highest BCUT2D eigenvalue weighted by Crippen LogP contribution is 2.29. The van der Waals surface area contributed by atoms with Crippen molar-refractivity contribution in [3.05, 3.63) is 0 Å². The number of nitrogens with two attached hydrogens (primary N) is 1. The van der Waals surface area contributed by atoms with Crippen LogP contribution in [0, 0.1) is 11.8 Å². The smallest absolute Gasteiger partial charge is 0.225 e. The maximum Gasteiger partial charge on any atom is 0.225 e. The summed E-state index contributed by atoms with van der Waals surface area (Å²) in [5.74, 6) is 0.532. The number of aliphatic hydroxyl groups is 2. The molecule has 0 aromatic heterocycles. The van der Waals surface area contributed by atoms with E-state index in [2.05, 4.69) is 0 Å². The van der Waals surface area contributed by atoms with Gasteiger partial charge in [-0.3, -0.25) is 4.79 Å². The van der Waals surface area contributed by atoms with E-state index in [1.807, 2.05) is 0 Å². The topological polar surface area (TPSA) is 86.8 Å². The quantitative estimate of drug-likeness (QED) is 0.591. The SMILES string of the molecule is NCC1CCCC(C(=O)N(CCO)CCO)C1. The zero-order valence-corrected chi connectivity index (χ0v) is 10.3. The third-order valence-corrected chi connectivity index (χ3v) is 3.52. The highest BCUT2D eigenvalue weighted by molar-refractivity contribution is 5.79. The lowest BCUT2D eigenvalue weighted by Crippen LogP contribution is -2.41. The first-order valence-electron chi connectivity index (χ1n) is 6.43. The molecule has 1 rings (SSSR count). The molecule has 17 heavy (non-hydrogen) atoms. The van der Waals surface area contributed by atoms with Gasteiger partial charge >= 0.3 is 0 Å². The van der Waals surface area contributed by atoms with Gasteiger partial charge in [0.15, 0.2) is 0 Å². The number of rotatable bonds is 6. The van der Waals surface area contributed by atoms with E-state index in [0.29, 0.717) is 25.6 Å². The van der Waals surface area contributed by atoms with Crippen LogP contribution in [0.3, 0.4) is 0 Å². The van der Waals surface area contributed by atoms with Crippen LogP contribution in [0.4, 0.5) is 0 Å². The second kappa shape index (κ2) is 7.63. The van der Waals surface area contributed by atoms with Crippen molar-refractivity contribution < 1.29 is 15.0 Å². The van der Waals surface area contributed by atoms with Gasteiger partial charge in [0, 0.05) is 19.0 Å². The minimum Gasteiger partial charge on any atom is -0.395 e. The fourth-order valence-corrected chi connectivity index (χ4v) is 2.56. The summed E-state index contributed by atoms with van der Waals surface area (Å²) in [7, 11) is 0. The van der Waals surface area contributed by atoms with Crippen LogP contribution in [0.15, 0.2) is 0 Å². The van der Waals surface area contributed by atoms with E-state index in [9.17, 15) is 4.79 Å². The van der Waals surface area contributed by atoms with Gasteiger partial charge in [-0.25, -0.2) is 0 Å². The van der Waals surface area contributed by atoms with Crippen molar-refractivity contribution in [1.29, 1.82) is 0 Å². The zero-order valence-electron chi connectivity index (χ0n) is 10.3. The molecule has 0 aliphatic heterocycles. The number of carbonyl (C=O) groups excluding carboxylic acids is 1. The molecule has 0 bridgehead atoms. The molecule has 5 nitrogen and oxygen atoms in total. The second-order valence-corrected chi connectivity index (χ2v) is 4.74. The van der Waals surface area contributed by atoms with Crippen LogP contribution in [-0.2, 0) is 4.79 Å². The lowest BCUT2D eigenvalue weighted by atomic mass is 9.81. The van der Waals surface area contributed by atoms with Crippen molar-refractivity contribution in [2.45, 2.75) is 25.7 Å². The maximum absolute atomic E-state index is 12.2. The van der Waals surface area contributed by atoms with Gasteiger partial charge in [-0.05, 0) is 31.7 Å². The Hall–Kier alpha value is -0.650. The Morgan fingerprint density at radius 1 is 1.24 bits per heavy atom. The third-order valence-electron chi connectivity index (χ3n) is 3.52. The first-order valence-corrected chi connectivity index (χ1v) is 6.43. The third kappa shape index (κ3) is 4.26. The van der Waals surface area contributed by atoms with Crippen molar-refractivity contribution >= 4 is 5.91 Å². The first-order chi connectivity index (χ1) is 8.22. The number of nitrogens with zero attached hydrogens (tertiary/aromatic N) is 1. The number of amides is 1. The van der Waals surface area contributed by atoms with Crippen LogP contribution in [0.2, 0.25) is 0 Å². The number of hydrogen-bond acceptors (Lipinski definition) is 4. The predicted molar refractivity (Wildman–Crippen MR) is 65.3 cm³/mol. The Balaban J connectivity index is 2.53. The van der Waals surface area contributed by atoms with Gasteiger partial charge in [0.05, 0.1) is 13.2 Å². The Bertz CT molecular complexity index is 230. The summed E-state index contributed by atoms with van der Waals surface area (Å²) in [6, 6.07) is 0. The molecule has 0 saturated heterocycles. The number of hydrogen-bond donors (Lipinski definition) is 3. The van der Waals surface area contributed by atoms with Gasteiger partial charge in [0.25, 0.3) is 0 Å². The van der Waals surface area contributed by atoms with Gasteiger partial charge in [-0.1, -0.05) is 6.42 Å². The van der Waals surface area contributed by atoms with Crippen LogP contribution < -0.4 is 5.73 Å². The summed E-state index contributed by atoms with van der Waals surface area (Å²) in [6.45, 7) is 1.15. The molecule has 2 unspecified atom stereocenters. The highest BCUT2D eigenvalue weighted by Gasteiger charge is 2.29. The lowest BCUT2D eigenvalue weighted by Gasteiger charge is -2.31. The first kappa shape index (κ1) is 14.4. The molecule has 1 fully saturated rings. The monoisotopic (exact) mass is 244 g/mol. The lowest BCUT2D eigenvalue weighted by molar-refractivity contribution is -0.138. The number of aliphatic hydroxyl groups excluding tert-OH is 2. The summed E-state index contributed by atoms with van der Waals surface area (Å²) in [4.78, 5) is 13.8. The van der Waals surface area contributed by atoms with E-state index in [1.165, 1.54) is 0 Å². The number of carbonyl (C=O) groups is 1. The van der Waals surface area contributed by atoms with Crippen molar-refractivity contribution in [2.75, 3.05) is 32.8 Å². The molecule has 5 heteroatoms. The van der Waals surface area contributed by atoms with Gasteiger partial charge < -0.3 is 20.8 Å². The predicted octanol–water partition coefficient (Wildman–Crippen LogP) is -0.435. The summed E-state index contributed by atoms with van der Waals surface area (Å²) < 4.78 is 0. The maximum atomic E-state index is 12.2. The molecule has 1 aliphatic rings. The van der Waals surface area contributed by atoms with Crippen molar-refractivity contribution in [1.82, 2.24) is 4.90 Å². The summed E-state index contributed by atoms with van der Waals surface area (Å²) in [5.41, 5.74) is 5.65. The van der Waals surface area contributed by atoms with Crippen LogP contribution in [0.5, 0.6) is 0 Å². The van der Waals surface area contributed by atoms with E-state index in [1.54, 1.807) is 4.90 Å². The van der Waals surface area contributed by atoms with E-state index in [0.717, 1.165) is 25.7 Å². The molecule has 4 N–H and O–H groups in total. The van der Waals surface area contributed by atoms with Gasteiger partial charge in [-0.2, -0.15) is 0 Å². The summed E-state index contributed by atoms with van der Waals surface area (Å²) in [6.07, 6.45) is 3.91. The van der Waals surface area contributed by atoms with Crippen LogP contribution in [-0.4, -0.2) is 53.9 Å². The molecule has 100 valence electrons. The largest absolute Gasteiger partial charge is 0.395 e. The Morgan fingerprint density at radius 3 is 2.41 bits per heavy atom. The molecule has 0 aromatic carbocycles. The average Bonchev–Trinajstić information content (AvgIpc) is 2.38. The van der Waals surface area contributed by atoms with Crippen LogP contribution in [0.1, 0.15) is 25.7 Å². The Morgan fingerprint density at radius 2 is 1.88 bits per heavy atom. The standard InChI is InChI=1S/C12H24N2O3/c13-9-10-2-1-3-11(8-10)12(17)14(4-6-15)5-7-16/h10-11,15-16H,1-9,13H2. The van der Waals surface area contributed by atoms with Gasteiger partial charge in [-0.15, -0.1) is 0 Å². The minimum absolute atomic E-state index is 0.0235. The van der Waals surface area contributed by atoms with Crippen LogP contribution >= 0.6 is 0 Å². The van der Waals surface area contributed by atoms with Gasteiger partial charge in [0.1, 0.15) is 0 Å². The van der Waals surface area contributed by atoms with E-state index in [-0.39, 0.29) is 25.0 Å². The molecule has 0 radical (unpaired) electrons. The van der Waals surface area contributed by atoms with Crippen molar-refractivity contribution in [3.63, 3.8) is 0 Å².